The molecule has 0 aliphatic heterocycles. The zero-order valence-corrected chi connectivity index (χ0v) is 17.6. The predicted molar refractivity (Wildman–Crippen MR) is 123 cm³/mol. The van der Waals surface area contributed by atoms with Crippen LogP contribution in [0.1, 0.15) is 15.9 Å². The minimum atomic E-state index is -0.393. The number of anilines is 1. The molecule has 0 atom stereocenters. The third-order valence-corrected chi connectivity index (χ3v) is 4.87. The first kappa shape index (κ1) is 20.4. The number of aryl methyl sites for hydroxylation is 1. The van der Waals surface area contributed by atoms with E-state index >= 15 is 0 Å². The van der Waals surface area contributed by atoms with E-state index < -0.39 is 5.91 Å². The van der Waals surface area contributed by atoms with Crippen molar-refractivity contribution in [3.05, 3.63) is 71.8 Å². The Balaban J connectivity index is 1.53. The molecule has 0 aliphatic rings. The maximum atomic E-state index is 12.6. The molecule has 0 saturated heterocycles. The second kappa shape index (κ2) is 8.45. The van der Waals surface area contributed by atoms with Gasteiger partial charge in [-0.05, 0) is 61.1 Å². The summed E-state index contributed by atoms with van der Waals surface area (Å²) < 4.78 is 11.1. The lowest BCUT2D eigenvalue weighted by atomic mass is 10.1. The smallest absolute Gasteiger partial charge is 0.261 e. The van der Waals surface area contributed by atoms with E-state index in [0.29, 0.717) is 33.7 Å². The number of ether oxygens (including phenoxy) is 1. The number of phenols is 1. The van der Waals surface area contributed by atoms with Crippen LogP contribution in [0.4, 0.5) is 5.69 Å². The molecule has 0 bridgehead atoms. The van der Waals surface area contributed by atoms with E-state index in [1.807, 2.05) is 31.2 Å². The van der Waals surface area contributed by atoms with Crippen LogP contribution in [0.5, 0.6) is 11.5 Å². The lowest BCUT2D eigenvalue weighted by Crippen LogP contribution is -2.34. The van der Waals surface area contributed by atoms with E-state index in [2.05, 4.69) is 15.6 Å². The number of hydrogen-bond acceptors (Lipinski definition) is 6. The zero-order valence-electron chi connectivity index (χ0n) is 16.8. The highest BCUT2D eigenvalue weighted by molar-refractivity contribution is 7.80. The lowest BCUT2D eigenvalue weighted by molar-refractivity contribution is 0.0974. The Morgan fingerprint density at radius 3 is 2.71 bits per heavy atom. The van der Waals surface area contributed by atoms with Crippen molar-refractivity contribution in [3.8, 4) is 23.0 Å². The van der Waals surface area contributed by atoms with Gasteiger partial charge in [-0.25, -0.2) is 4.98 Å². The number of aromatic nitrogens is 1. The molecule has 1 heterocycles. The van der Waals surface area contributed by atoms with Crippen molar-refractivity contribution in [2.24, 2.45) is 0 Å². The normalized spacial score (nSPS) is 10.6. The average Bonchev–Trinajstić information content (AvgIpc) is 3.18. The first-order valence-corrected chi connectivity index (χ1v) is 9.82. The van der Waals surface area contributed by atoms with Gasteiger partial charge in [0.05, 0.1) is 18.2 Å². The monoisotopic (exact) mass is 433 g/mol. The molecular weight excluding hydrogens is 414 g/mol. The van der Waals surface area contributed by atoms with E-state index in [4.69, 9.17) is 21.4 Å². The number of carbonyl (C=O) groups excluding carboxylic acids is 1. The quantitative estimate of drug-likeness (QED) is 0.319. The van der Waals surface area contributed by atoms with Crippen LogP contribution in [0, 0.1) is 6.92 Å². The summed E-state index contributed by atoms with van der Waals surface area (Å²) in [5.41, 5.74) is 3.47. The summed E-state index contributed by atoms with van der Waals surface area (Å²) in [6, 6.07) is 17.4. The van der Waals surface area contributed by atoms with Gasteiger partial charge in [-0.2, -0.15) is 0 Å². The van der Waals surface area contributed by atoms with Gasteiger partial charge in [0.2, 0.25) is 5.89 Å². The second-order valence-corrected chi connectivity index (χ2v) is 7.19. The number of carbonyl (C=O) groups is 1. The number of phenolic OH excluding ortho intramolecular Hbond substituents is 1. The van der Waals surface area contributed by atoms with Crippen LogP contribution in [0.3, 0.4) is 0 Å². The summed E-state index contributed by atoms with van der Waals surface area (Å²) in [5, 5.41) is 16.0. The van der Waals surface area contributed by atoms with Gasteiger partial charge in [-0.15, -0.1) is 0 Å². The van der Waals surface area contributed by atoms with Crippen molar-refractivity contribution >= 4 is 40.0 Å². The molecular formula is C23H19N3O4S. The SMILES string of the molecule is COc1c(C)cccc1C(=O)NC(=S)Nc1ccc(O)c(-c2nc3ccccc3o2)c1. The molecule has 8 heteroatoms. The Hall–Kier alpha value is -3.91. The van der Waals surface area contributed by atoms with Crippen molar-refractivity contribution < 1.29 is 19.1 Å². The number of methoxy groups -OCH3 is 1. The molecule has 0 radical (unpaired) electrons. The Labute approximate surface area is 183 Å². The molecule has 0 aliphatic carbocycles. The number of benzene rings is 3. The van der Waals surface area contributed by atoms with E-state index in [1.165, 1.54) is 13.2 Å². The maximum absolute atomic E-state index is 12.6. The number of nitrogens with zero attached hydrogens (tertiary/aromatic N) is 1. The topological polar surface area (TPSA) is 96.6 Å². The van der Waals surface area contributed by atoms with Gasteiger partial charge in [0.1, 0.15) is 17.0 Å². The molecule has 1 aromatic heterocycles. The van der Waals surface area contributed by atoms with E-state index in [1.54, 1.807) is 30.3 Å². The minimum Gasteiger partial charge on any atom is -0.507 e. The Morgan fingerprint density at radius 2 is 1.94 bits per heavy atom. The fraction of sp³-hybridized carbons (Fsp3) is 0.0870. The summed E-state index contributed by atoms with van der Waals surface area (Å²) in [4.78, 5) is 17.0. The van der Waals surface area contributed by atoms with E-state index in [-0.39, 0.29) is 16.8 Å². The molecule has 3 N–H and O–H groups in total. The summed E-state index contributed by atoms with van der Waals surface area (Å²) in [7, 11) is 1.51. The van der Waals surface area contributed by atoms with Gasteiger partial charge in [0, 0.05) is 5.69 Å². The standard InChI is InChI=1S/C23H19N3O4S/c1-13-6-5-7-15(20(13)29-2)21(28)26-23(31)24-14-10-11-18(27)16(12-14)22-25-17-8-3-4-9-19(17)30-22/h3-12,27H,1-2H3,(H2,24,26,28,31). The number of para-hydroxylation sites is 3. The van der Waals surface area contributed by atoms with E-state index in [0.717, 1.165) is 5.56 Å². The van der Waals surface area contributed by atoms with Crippen LogP contribution >= 0.6 is 12.2 Å². The highest BCUT2D eigenvalue weighted by Crippen LogP contribution is 2.33. The van der Waals surface area contributed by atoms with Gasteiger partial charge in [-0.1, -0.05) is 24.3 Å². The Kier molecular flexibility index (Phi) is 5.55. The molecule has 3 aromatic carbocycles. The number of aromatic hydroxyl groups is 1. The van der Waals surface area contributed by atoms with Crippen LogP contribution in [0.15, 0.2) is 65.1 Å². The molecule has 0 fully saturated rings. The van der Waals surface area contributed by atoms with E-state index in [9.17, 15) is 9.90 Å². The average molecular weight is 433 g/mol. The Morgan fingerprint density at radius 1 is 1.13 bits per heavy atom. The van der Waals surface area contributed by atoms with Gasteiger partial charge < -0.3 is 19.6 Å². The van der Waals surface area contributed by atoms with Crippen LogP contribution in [-0.4, -0.2) is 28.2 Å². The number of nitrogens with one attached hydrogen (secondary N) is 2. The lowest BCUT2D eigenvalue weighted by Gasteiger charge is -2.13. The number of thiocarbonyl (C=S) groups is 1. The van der Waals surface area contributed by atoms with Gasteiger partial charge in [0.25, 0.3) is 5.91 Å². The van der Waals surface area contributed by atoms with Crippen LogP contribution in [0.25, 0.3) is 22.6 Å². The number of amides is 1. The molecule has 4 aromatic rings. The first-order valence-electron chi connectivity index (χ1n) is 9.41. The molecule has 1 amide bonds. The third kappa shape index (κ3) is 4.19. The highest BCUT2D eigenvalue weighted by atomic mass is 32.1. The molecule has 0 spiro atoms. The maximum Gasteiger partial charge on any atom is 0.261 e. The molecule has 156 valence electrons. The van der Waals surface area contributed by atoms with Crippen molar-refractivity contribution in [2.75, 3.05) is 12.4 Å². The Bertz CT molecular complexity index is 1270. The van der Waals surface area contributed by atoms with Gasteiger partial charge in [0.15, 0.2) is 10.7 Å². The fourth-order valence-corrected chi connectivity index (χ4v) is 3.42. The van der Waals surface area contributed by atoms with Crippen LogP contribution in [0.2, 0.25) is 0 Å². The number of oxazole rings is 1. The molecule has 7 nitrogen and oxygen atoms in total. The predicted octanol–water partition coefficient (Wildman–Crippen LogP) is 4.64. The third-order valence-electron chi connectivity index (χ3n) is 4.67. The molecule has 0 saturated carbocycles. The number of rotatable bonds is 4. The number of hydrogen-bond donors (Lipinski definition) is 3. The molecule has 0 unspecified atom stereocenters. The van der Waals surface area contributed by atoms with Crippen LogP contribution < -0.4 is 15.4 Å². The summed E-state index contributed by atoms with van der Waals surface area (Å²) in [5.74, 6) is 0.389. The highest BCUT2D eigenvalue weighted by Gasteiger charge is 2.16. The fourth-order valence-electron chi connectivity index (χ4n) is 3.21. The largest absolute Gasteiger partial charge is 0.507 e. The molecule has 4 rings (SSSR count). The summed E-state index contributed by atoms with van der Waals surface area (Å²) in [6.45, 7) is 1.86. The van der Waals surface area contributed by atoms with Crippen molar-refractivity contribution in [3.63, 3.8) is 0 Å². The van der Waals surface area contributed by atoms with Crippen molar-refractivity contribution in [1.29, 1.82) is 0 Å². The molecule has 31 heavy (non-hydrogen) atoms. The number of fused-ring (bicyclic) bond motifs is 1. The van der Waals surface area contributed by atoms with Crippen molar-refractivity contribution in [2.45, 2.75) is 6.92 Å². The zero-order chi connectivity index (χ0) is 22.0. The van der Waals surface area contributed by atoms with Gasteiger partial charge >= 0.3 is 0 Å². The van der Waals surface area contributed by atoms with Crippen LogP contribution in [-0.2, 0) is 0 Å². The van der Waals surface area contributed by atoms with Gasteiger partial charge in [-0.3, -0.25) is 10.1 Å². The summed E-state index contributed by atoms with van der Waals surface area (Å²) >= 11 is 5.28. The van der Waals surface area contributed by atoms with Crippen molar-refractivity contribution in [1.82, 2.24) is 10.3 Å². The second-order valence-electron chi connectivity index (χ2n) is 6.78. The summed E-state index contributed by atoms with van der Waals surface area (Å²) in [6.07, 6.45) is 0. The minimum absolute atomic E-state index is 0.0107. The first-order chi connectivity index (χ1) is 15.0.